The summed E-state index contributed by atoms with van der Waals surface area (Å²) in [4.78, 5) is 14.6. The van der Waals surface area contributed by atoms with Gasteiger partial charge in [0.2, 0.25) is 15.9 Å². The minimum atomic E-state index is -3.70. The summed E-state index contributed by atoms with van der Waals surface area (Å²) in [6.45, 7) is 5.82. The van der Waals surface area contributed by atoms with Crippen LogP contribution in [-0.4, -0.2) is 58.5 Å². The lowest BCUT2D eigenvalue weighted by atomic mass is 9.98. The number of rotatable bonds is 5. The van der Waals surface area contributed by atoms with Crippen LogP contribution in [-0.2, 0) is 14.8 Å². The molecule has 1 amide bonds. The number of hydrogen-bond acceptors (Lipinski definition) is 6. The van der Waals surface area contributed by atoms with Crippen molar-refractivity contribution in [1.82, 2.24) is 18.0 Å². The van der Waals surface area contributed by atoms with Gasteiger partial charge in [0, 0.05) is 26.2 Å². The van der Waals surface area contributed by atoms with Crippen LogP contribution in [0.5, 0.6) is 0 Å². The molecular weight excluding hydrogens is 360 g/mol. The first-order valence-electron chi connectivity index (χ1n) is 8.49. The van der Waals surface area contributed by atoms with Gasteiger partial charge in [0.15, 0.2) is 0 Å². The van der Waals surface area contributed by atoms with E-state index in [-0.39, 0.29) is 23.3 Å². The molecule has 9 heteroatoms. The maximum absolute atomic E-state index is 13.1. The van der Waals surface area contributed by atoms with Crippen molar-refractivity contribution in [2.45, 2.75) is 31.6 Å². The molecule has 1 aromatic heterocycles. The van der Waals surface area contributed by atoms with Gasteiger partial charge >= 0.3 is 0 Å². The topological polar surface area (TPSA) is 83.5 Å². The minimum absolute atomic E-state index is 0.0402. The Bertz CT molecular complexity index is 861. The number of fused-ring (bicyclic) bond motifs is 1. The summed E-state index contributed by atoms with van der Waals surface area (Å²) in [7, 11) is -3.70. The van der Waals surface area contributed by atoms with Crippen LogP contribution in [0.15, 0.2) is 23.1 Å². The van der Waals surface area contributed by atoms with Gasteiger partial charge in [0.25, 0.3) is 0 Å². The van der Waals surface area contributed by atoms with Gasteiger partial charge in [0.05, 0.1) is 17.6 Å². The summed E-state index contributed by atoms with van der Waals surface area (Å²) < 4.78 is 35.9. The van der Waals surface area contributed by atoms with E-state index in [0.29, 0.717) is 37.1 Å². The summed E-state index contributed by atoms with van der Waals surface area (Å²) >= 11 is 1.00. The van der Waals surface area contributed by atoms with Crippen LogP contribution < -0.4 is 0 Å². The molecule has 1 saturated heterocycles. The monoisotopic (exact) mass is 382 g/mol. The number of hydrogen-bond donors (Lipinski definition) is 0. The van der Waals surface area contributed by atoms with Crippen molar-refractivity contribution in [3.8, 4) is 0 Å². The molecule has 0 bridgehead atoms. The summed E-state index contributed by atoms with van der Waals surface area (Å²) in [5.74, 6) is -0.241. The molecule has 0 saturated carbocycles. The van der Waals surface area contributed by atoms with Crippen molar-refractivity contribution in [2.75, 3.05) is 26.2 Å². The number of aromatic nitrogens is 2. The highest BCUT2D eigenvalue weighted by Gasteiger charge is 2.35. The van der Waals surface area contributed by atoms with E-state index in [9.17, 15) is 13.2 Å². The maximum atomic E-state index is 13.1. The Morgan fingerprint density at radius 1 is 1.32 bits per heavy atom. The number of carbonyl (C=O) groups excluding carboxylic acids is 1. The van der Waals surface area contributed by atoms with E-state index in [2.05, 4.69) is 8.75 Å². The average molecular weight is 383 g/mol. The van der Waals surface area contributed by atoms with Crippen molar-refractivity contribution in [3.05, 3.63) is 18.2 Å². The summed E-state index contributed by atoms with van der Waals surface area (Å²) in [5.41, 5.74) is 0.989. The molecule has 0 spiro atoms. The molecular formula is C16H22N4O3S2. The average Bonchev–Trinajstić information content (AvgIpc) is 3.11. The van der Waals surface area contributed by atoms with Crippen LogP contribution in [0.4, 0.5) is 0 Å². The number of nitrogens with zero attached hydrogens (tertiary/aromatic N) is 4. The second kappa shape index (κ2) is 7.35. The largest absolute Gasteiger partial charge is 0.343 e. The fourth-order valence-electron chi connectivity index (χ4n) is 3.28. The first-order chi connectivity index (χ1) is 12.0. The standard InChI is InChI=1S/C16H22N4O3S2/c1-3-19(4-2)16(21)12-7-6-10-20(11-12)25(22,23)14-9-5-8-13-15(14)18-24-17-13/h5,8-9,12H,3-4,6-7,10-11H2,1-2H3. The van der Waals surface area contributed by atoms with E-state index in [0.717, 1.165) is 18.1 Å². The van der Waals surface area contributed by atoms with Crippen molar-refractivity contribution in [1.29, 1.82) is 0 Å². The Labute approximate surface area is 152 Å². The smallest absolute Gasteiger partial charge is 0.245 e. The minimum Gasteiger partial charge on any atom is -0.343 e. The molecule has 3 rings (SSSR count). The number of carbonyl (C=O) groups is 1. The van der Waals surface area contributed by atoms with Crippen molar-refractivity contribution in [3.63, 3.8) is 0 Å². The molecule has 136 valence electrons. The fraction of sp³-hybridized carbons (Fsp3) is 0.562. The van der Waals surface area contributed by atoms with Gasteiger partial charge in [0.1, 0.15) is 15.9 Å². The predicted octanol–water partition coefficient (Wildman–Crippen LogP) is 1.96. The van der Waals surface area contributed by atoms with Crippen LogP contribution in [0.25, 0.3) is 11.0 Å². The lowest BCUT2D eigenvalue weighted by molar-refractivity contribution is -0.136. The number of amides is 1. The zero-order valence-corrected chi connectivity index (χ0v) is 16.0. The third kappa shape index (κ3) is 3.40. The first kappa shape index (κ1) is 18.2. The quantitative estimate of drug-likeness (QED) is 0.789. The third-order valence-corrected chi connectivity index (χ3v) is 7.11. The molecule has 2 aromatic rings. The lowest BCUT2D eigenvalue weighted by Crippen LogP contribution is -2.46. The van der Waals surface area contributed by atoms with Crippen molar-refractivity contribution in [2.24, 2.45) is 5.92 Å². The van der Waals surface area contributed by atoms with Crippen LogP contribution in [0.3, 0.4) is 0 Å². The molecule has 1 aliphatic rings. The third-order valence-electron chi connectivity index (χ3n) is 4.68. The zero-order chi connectivity index (χ0) is 18.0. The van der Waals surface area contributed by atoms with Gasteiger partial charge in [-0.25, -0.2) is 8.42 Å². The Morgan fingerprint density at radius 2 is 2.08 bits per heavy atom. The highest BCUT2D eigenvalue weighted by molar-refractivity contribution is 7.89. The van der Waals surface area contributed by atoms with E-state index >= 15 is 0 Å². The van der Waals surface area contributed by atoms with Crippen molar-refractivity contribution < 1.29 is 13.2 Å². The molecule has 2 heterocycles. The molecule has 1 aromatic carbocycles. The predicted molar refractivity (Wildman–Crippen MR) is 96.8 cm³/mol. The summed E-state index contributed by atoms with van der Waals surface area (Å²) in [6, 6.07) is 4.99. The van der Waals surface area contributed by atoms with E-state index in [1.807, 2.05) is 13.8 Å². The van der Waals surface area contributed by atoms with Crippen LogP contribution in [0.2, 0.25) is 0 Å². The molecule has 0 aliphatic carbocycles. The van der Waals surface area contributed by atoms with Gasteiger partial charge in [-0.2, -0.15) is 13.1 Å². The molecule has 0 N–H and O–H groups in total. The molecule has 1 unspecified atom stereocenters. The normalized spacial score (nSPS) is 19.2. The number of piperidine rings is 1. The second-order valence-electron chi connectivity index (χ2n) is 6.10. The van der Waals surface area contributed by atoms with Gasteiger partial charge in [-0.05, 0) is 38.8 Å². The Balaban J connectivity index is 1.88. The SMILES string of the molecule is CCN(CC)C(=O)C1CCCN(S(=O)(=O)c2cccc3nsnc23)C1. The van der Waals surface area contributed by atoms with E-state index in [1.165, 1.54) is 4.31 Å². The fourth-order valence-corrected chi connectivity index (χ4v) is 5.56. The van der Waals surface area contributed by atoms with Crippen LogP contribution in [0.1, 0.15) is 26.7 Å². The summed E-state index contributed by atoms with van der Waals surface area (Å²) in [5, 5.41) is 0. The van der Waals surface area contributed by atoms with Gasteiger partial charge in [-0.3, -0.25) is 4.79 Å². The first-order valence-corrected chi connectivity index (χ1v) is 10.7. The highest BCUT2D eigenvalue weighted by Crippen LogP contribution is 2.28. The molecule has 1 atom stereocenters. The Morgan fingerprint density at radius 3 is 2.80 bits per heavy atom. The van der Waals surface area contributed by atoms with Crippen LogP contribution >= 0.6 is 11.7 Å². The Hall–Kier alpha value is -1.58. The van der Waals surface area contributed by atoms with Gasteiger partial charge < -0.3 is 4.90 Å². The zero-order valence-electron chi connectivity index (χ0n) is 14.4. The molecule has 7 nitrogen and oxygen atoms in total. The van der Waals surface area contributed by atoms with Gasteiger partial charge in [-0.1, -0.05) is 6.07 Å². The molecule has 25 heavy (non-hydrogen) atoms. The maximum Gasteiger partial charge on any atom is 0.245 e. The molecule has 1 aliphatic heterocycles. The molecule has 1 fully saturated rings. The number of sulfonamides is 1. The van der Waals surface area contributed by atoms with Crippen molar-refractivity contribution >= 4 is 38.7 Å². The molecule has 0 radical (unpaired) electrons. The van der Waals surface area contributed by atoms with E-state index in [1.54, 1.807) is 23.1 Å². The summed E-state index contributed by atoms with van der Waals surface area (Å²) in [6.07, 6.45) is 1.41. The van der Waals surface area contributed by atoms with E-state index < -0.39 is 10.0 Å². The highest BCUT2D eigenvalue weighted by atomic mass is 32.2. The Kier molecular flexibility index (Phi) is 5.35. The van der Waals surface area contributed by atoms with E-state index in [4.69, 9.17) is 0 Å². The second-order valence-corrected chi connectivity index (χ2v) is 8.54. The lowest BCUT2D eigenvalue weighted by Gasteiger charge is -2.33. The van der Waals surface area contributed by atoms with Crippen LogP contribution in [0, 0.1) is 5.92 Å². The van der Waals surface area contributed by atoms with Gasteiger partial charge in [-0.15, -0.1) is 0 Å². The number of benzene rings is 1.